The highest BCUT2D eigenvalue weighted by molar-refractivity contribution is 6.74. The summed E-state index contributed by atoms with van der Waals surface area (Å²) >= 11 is 0. The topological polar surface area (TPSA) is 123 Å². The van der Waals surface area contributed by atoms with Crippen LogP contribution in [0.5, 0.6) is 0 Å². The van der Waals surface area contributed by atoms with Gasteiger partial charge in [-0.3, -0.25) is 14.3 Å². The van der Waals surface area contributed by atoms with Crippen LogP contribution in [0.2, 0.25) is 36.3 Å². The molecule has 1 fully saturated rings. The maximum absolute atomic E-state index is 12.6. The van der Waals surface area contributed by atoms with E-state index in [-0.39, 0.29) is 10.1 Å². The average Bonchev–Trinajstić information content (AvgIpc) is 2.85. The Labute approximate surface area is 192 Å². The number of rotatable bonds is 6. The number of aromatic nitrogens is 2. The van der Waals surface area contributed by atoms with Crippen molar-refractivity contribution in [3.8, 4) is 0 Å². The maximum atomic E-state index is 12.6. The molecule has 0 aliphatic carbocycles. The predicted molar refractivity (Wildman–Crippen MR) is 128 cm³/mol. The Bertz CT molecular complexity index is 930. The van der Waals surface area contributed by atoms with Crippen molar-refractivity contribution in [1.29, 1.82) is 0 Å². The molecule has 0 saturated carbocycles. The van der Waals surface area contributed by atoms with Gasteiger partial charge < -0.3 is 23.8 Å². The van der Waals surface area contributed by atoms with Crippen molar-refractivity contribution in [2.75, 3.05) is 6.61 Å². The minimum atomic E-state index is -2.45. The van der Waals surface area contributed by atoms with E-state index in [4.69, 9.17) is 13.6 Å². The van der Waals surface area contributed by atoms with E-state index in [0.717, 1.165) is 0 Å². The van der Waals surface area contributed by atoms with E-state index in [2.05, 4.69) is 59.6 Å². The summed E-state index contributed by atoms with van der Waals surface area (Å²) in [5, 5.41) is 21.1. The summed E-state index contributed by atoms with van der Waals surface area (Å²) in [7, 11) is -4.89. The molecule has 184 valence electrons. The first-order valence-electron chi connectivity index (χ1n) is 10.9. The molecule has 2 unspecified atom stereocenters. The number of nitrogens with zero attached hydrogens (tertiary/aromatic N) is 1. The van der Waals surface area contributed by atoms with Gasteiger partial charge in [0.15, 0.2) is 22.9 Å². The molecule has 3 N–H and O–H groups in total. The van der Waals surface area contributed by atoms with Gasteiger partial charge in [0.25, 0.3) is 5.56 Å². The van der Waals surface area contributed by atoms with Crippen LogP contribution in [0.25, 0.3) is 0 Å². The van der Waals surface area contributed by atoms with Gasteiger partial charge >= 0.3 is 5.69 Å². The highest BCUT2D eigenvalue weighted by atomic mass is 28.4. The van der Waals surface area contributed by atoms with Gasteiger partial charge in [0, 0.05) is 12.3 Å². The van der Waals surface area contributed by atoms with Crippen molar-refractivity contribution in [2.24, 2.45) is 0 Å². The predicted octanol–water partition coefficient (Wildman–Crippen LogP) is 2.53. The number of aromatic amines is 1. The zero-order chi connectivity index (χ0) is 24.9. The van der Waals surface area contributed by atoms with Gasteiger partial charge in [0.05, 0.1) is 6.61 Å². The number of aliphatic hydroxyl groups is 2. The molecule has 1 saturated heterocycles. The highest BCUT2D eigenvalue weighted by Gasteiger charge is 2.60. The number of H-pyrrole nitrogens is 1. The third-order valence-corrected chi connectivity index (χ3v) is 16.1. The lowest BCUT2D eigenvalue weighted by Gasteiger charge is -2.44. The number of ether oxygens (including phenoxy) is 1. The SMILES string of the molecule is CC(C)(C)[Si](C)(C)OC1C(O[Si](C)(C)C(C)(C)C)[C@](O)(CO)O[C@H]1n1ccc(=O)[nH]c1=O. The molecule has 1 aromatic rings. The van der Waals surface area contributed by atoms with Gasteiger partial charge in [0.1, 0.15) is 12.2 Å². The van der Waals surface area contributed by atoms with Crippen LogP contribution in [0.3, 0.4) is 0 Å². The van der Waals surface area contributed by atoms with Crippen molar-refractivity contribution in [2.45, 2.75) is 102 Å². The number of hydrogen-bond donors (Lipinski definition) is 3. The van der Waals surface area contributed by atoms with Gasteiger partial charge in [0.2, 0.25) is 5.79 Å². The van der Waals surface area contributed by atoms with Crippen molar-refractivity contribution in [1.82, 2.24) is 9.55 Å². The standard InChI is InChI=1S/C21H40N2O7Si2/c1-19(2,3)31(7,8)29-15-16(30-32(9,10)20(4,5)6)21(27,13-24)28-17(15)23-12-11-14(25)22-18(23)26/h11-12,15-17,24,27H,13H2,1-10H3,(H,22,25,26)/t15?,16?,17-,21+/m1/s1. The lowest BCUT2D eigenvalue weighted by atomic mass is 10.1. The van der Waals surface area contributed by atoms with Crippen LogP contribution in [-0.4, -0.2) is 61.0 Å². The fraction of sp³-hybridized carbons (Fsp3) is 0.810. The minimum absolute atomic E-state index is 0.172. The van der Waals surface area contributed by atoms with Crippen LogP contribution in [0.15, 0.2) is 21.9 Å². The smallest absolute Gasteiger partial charge is 0.330 e. The Balaban J connectivity index is 2.66. The monoisotopic (exact) mass is 488 g/mol. The molecule has 1 aliphatic heterocycles. The fourth-order valence-electron chi connectivity index (χ4n) is 3.01. The summed E-state index contributed by atoms with van der Waals surface area (Å²) in [4.78, 5) is 26.4. The van der Waals surface area contributed by atoms with Crippen LogP contribution in [0, 0.1) is 0 Å². The molecule has 2 rings (SSSR count). The van der Waals surface area contributed by atoms with Crippen LogP contribution >= 0.6 is 0 Å². The molecule has 11 heteroatoms. The van der Waals surface area contributed by atoms with E-state index in [1.54, 1.807) is 0 Å². The molecule has 4 atom stereocenters. The number of nitrogens with one attached hydrogen (secondary N) is 1. The Morgan fingerprint density at radius 3 is 2.00 bits per heavy atom. The summed E-state index contributed by atoms with van der Waals surface area (Å²) in [5.41, 5.74) is -1.24. The fourth-order valence-corrected chi connectivity index (χ4v) is 5.59. The summed E-state index contributed by atoms with van der Waals surface area (Å²) in [6.07, 6.45) is -1.71. The van der Waals surface area contributed by atoms with Gasteiger partial charge in [-0.2, -0.15) is 0 Å². The molecule has 0 radical (unpaired) electrons. The van der Waals surface area contributed by atoms with Crippen LogP contribution in [0.4, 0.5) is 0 Å². The van der Waals surface area contributed by atoms with Gasteiger partial charge in [-0.1, -0.05) is 41.5 Å². The second kappa shape index (κ2) is 8.60. The molecule has 32 heavy (non-hydrogen) atoms. The van der Waals surface area contributed by atoms with E-state index in [9.17, 15) is 19.8 Å². The quantitative estimate of drug-likeness (QED) is 0.526. The zero-order valence-corrected chi connectivity index (χ0v) is 23.0. The molecule has 1 aliphatic rings. The molecular weight excluding hydrogens is 448 g/mol. The summed E-state index contributed by atoms with van der Waals surface area (Å²) in [6.45, 7) is 19.9. The normalized spacial score (nSPS) is 27.7. The molecule has 0 spiro atoms. The van der Waals surface area contributed by atoms with Crippen molar-refractivity contribution < 1.29 is 23.8 Å². The van der Waals surface area contributed by atoms with Crippen molar-refractivity contribution in [3.05, 3.63) is 33.1 Å². The van der Waals surface area contributed by atoms with Gasteiger partial charge in [-0.05, 0) is 36.3 Å². The summed E-state index contributed by atoms with van der Waals surface area (Å²) in [5.74, 6) is -2.08. The lowest BCUT2D eigenvalue weighted by molar-refractivity contribution is -0.252. The van der Waals surface area contributed by atoms with Gasteiger partial charge in [-0.15, -0.1) is 0 Å². The number of aliphatic hydroxyl groups excluding tert-OH is 1. The summed E-state index contributed by atoms with van der Waals surface area (Å²) in [6, 6.07) is 1.20. The number of hydrogen-bond acceptors (Lipinski definition) is 7. The van der Waals surface area contributed by atoms with Crippen LogP contribution in [-0.2, 0) is 13.6 Å². The van der Waals surface area contributed by atoms with Gasteiger partial charge in [-0.25, -0.2) is 4.79 Å². The third kappa shape index (κ3) is 5.19. The molecule has 0 aromatic carbocycles. The first kappa shape index (κ1) is 27.2. The first-order chi connectivity index (χ1) is 14.3. The molecule has 2 heterocycles. The molecule has 9 nitrogen and oxygen atoms in total. The zero-order valence-electron chi connectivity index (χ0n) is 21.0. The van der Waals surface area contributed by atoms with Crippen LogP contribution < -0.4 is 11.2 Å². The highest BCUT2D eigenvalue weighted by Crippen LogP contribution is 2.47. The summed E-state index contributed by atoms with van der Waals surface area (Å²) < 4.78 is 20.3. The van der Waals surface area contributed by atoms with Crippen LogP contribution in [0.1, 0.15) is 47.8 Å². The maximum Gasteiger partial charge on any atom is 0.330 e. The Kier molecular flexibility index (Phi) is 7.30. The van der Waals surface area contributed by atoms with Crippen molar-refractivity contribution >= 4 is 16.6 Å². The van der Waals surface area contributed by atoms with E-state index < -0.39 is 58.7 Å². The second-order valence-corrected chi connectivity index (χ2v) is 21.2. The Morgan fingerprint density at radius 2 is 1.56 bits per heavy atom. The molecular formula is C21H40N2O7Si2. The second-order valence-electron chi connectivity index (χ2n) is 11.7. The van der Waals surface area contributed by atoms with E-state index in [0.29, 0.717) is 0 Å². The first-order valence-corrected chi connectivity index (χ1v) is 16.8. The largest absolute Gasteiger partial charge is 0.406 e. The lowest BCUT2D eigenvalue weighted by Crippen LogP contribution is -2.57. The average molecular weight is 489 g/mol. The van der Waals surface area contributed by atoms with E-state index in [1.807, 2.05) is 13.1 Å². The van der Waals surface area contributed by atoms with E-state index >= 15 is 0 Å². The minimum Gasteiger partial charge on any atom is -0.406 e. The molecule has 0 amide bonds. The van der Waals surface area contributed by atoms with Crippen molar-refractivity contribution in [3.63, 3.8) is 0 Å². The molecule has 0 bridgehead atoms. The third-order valence-electron chi connectivity index (χ3n) is 7.17. The Hall–Kier alpha value is -1.09. The Morgan fingerprint density at radius 1 is 1.06 bits per heavy atom. The van der Waals surface area contributed by atoms with E-state index in [1.165, 1.54) is 16.8 Å². The molecule has 1 aromatic heterocycles.